The van der Waals surface area contributed by atoms with Crippen molar-refractivity contribution in [2.24, 2.45) is 17.8 Å². The lowest BCUT2D eigenvalue weighted by molar-refractivity contribution is -0.188. The Morgan fingerprint density at radius 1 is 1.19 bits per heavy atom. The van der Waals surface area contributed by atoms with Crippen LogP contribution in [0.15, 0.2) is 11.6 Å². The van der Waals surface area contributed by atoms with E-state index in [4.69, 9.17) is 9.47 Å². The fourth-order valence-corrected chi connectivity index (χ4v) is 4.47. The molecule has 21 heavy (non-hydrogen) atoms. The van der Waals surface area contributed by atoms with E-state index < -0.39 is 0 Å². The topological polar surface area (TPSA) is 18.5 Å². The molecule has 2 nitrogen and oxygen atoms in total. The first-order valence-corrected chi connectivity index (χ1v) is 9.23. The molecule has 0 N–H and O–H groups in total. The zero-order valence-corrected chi connectivity index (χ0v) is 13.9. The highest BCUT2D eigenvalue weighted by Gasteiger charge is 2.56. The number of fused-ring (bicyclic) bond motifs is 1. The molecule has 3 atom stereocenters. The molecule has 0 radical (unpaired) electrons. The summed E-state index contributed by atoms with van der Waals surface area (Å²) in [5.41, 5.74) is 1.66. The Balaban J connectivity index is 1.37. The van der Waals surface area contributed by atoms with Gasteiger partial charge in [-0.1, -0.05) is 31.4 Å². The van der Waals surface area contributed by atoms with Crippen LogP contribution in [-0.2, 0) is 9.47 Å². The van der Waals surface area contributed by atoms with Gasteiger partial charge in [0.25, 0.3) is 0 Å². The van der Waals surface area contributed by atoms with Crippen LogP contribution in [0.4, 0.5) is 0 Å². The van der Waals surface area contributed by atoms with E-state index in [1.54, 1.807) is 5.57 Å². The van der Waals surface area contributed by atoms with Gasteiger partial charge in [-0.25, -0.2) is 0 Å². The summed E-state index contributed by atoms with van der Waals surface area (Å²) < 4.78 is 11.9. The molecule has 120 valence electrons. The third kappa shape index (κ3) is 3.90. The minimum Gasteiger partial charge on any atom is -0.353 e. The predicted octanol–water partition coefficient (Wildman–Crippen LogP) is 5.08. The van der Waals surface area contributed by atoms with Gasteiger partial charge in [-0.2, -0.15) is 0 Å². The van der Waals surface area contributed by atoms with Gasteiger partial charge in [0, 0.05) is 6.61 Å². The van der Waals surface area contributed by atoms with Gasteiger partial charge in [-0.3, -0.25) is 0 Å². The van der Waals surface area contributed by atoms with Gasteiger partial charge < -0.3 is 9.47 Å². The van der Waals surface area contributed by atoms with Gasteiger partial charge in [-0.15, -0.1) is 0 Å². The molecule has 0 aromatic heterocycles. The summed E-state index contributed by atoms with van der Waals surface area (Å²) in [4.78, 5) is 0. The van der Waals surface area contributed by atoms with Crippen LogP contribution in [0.5, 0.6) is 0 Å². The highest BCUT2D eigenvalue weighted by Crippen LogP contribution is 2.61. The number of allylic oxidation sites excluding steroid dienone is 2. The number of rotatable bonds is 7. The summed E-state index contributed by atoms with van der Waals surface area (Å²) >= 11 is 0. The Morgan fingerprint density at radius 3 is 2.67 bits per heavy atom. The largest absolute Gasteiger partial charge is 0.353 e. The number of unbranched alkanes of at least 4 members (excludes halogenated alkanes) is 3. The second kappa shape index (κ2) is 7.28. The van der Waals surface area contributed by atoms with E-state index in [9.17, 15) is 0 Å². The summed E-state index contributed by atoms with van der Waals surface area (Å²) in [5, 5.41) is 0. The quantitative estimate of drug-likeness (QED) is 0.481. The zero-order valence-electron chi connectivity index (χ0n) is 13.9. The van der Waals surface area contributed by atoms with Gasteiger partial charge in [-0.05, 0) is 69.6 Å². The van der Waals surface area contributed by atoms with Crippen molar-refractivity contribution in [3.63, 3.8) is 0 Å². The Bertz CT molecular complexity index is 345. The molecule has 2 aliphatic carbocycles. The van der Waals surface area contributed by atoms with Crippen molar-refractivity contribution >= 4 is 0 Å². The Kier molecular flexibility index (Phi) is 5.39. The number of ether oxygens (including phenoxy) is 2. The van der Waals surface area contributed by atoms with Crippen molar-refractivity contribution in [3.8, 4) is 0 Å². The molecule has 0 spiro atoms. The van der Waals surface area contributed by atoms with Crippen LogP contribution in [0.25, 0.3) is 0 Å². The molecule has 0 amide bonds. The third-order valence-corrected chi connectivity index (χ3v) is 5.68. The fraction of sp³-hybridized carbons (Fsp3) is 0.895. The highest BCUT2D eigenvalue weighted by atomic mass is 16.7. The molecule has 1 saturated heterocycles. The molecule has 3 fully saturated rings. The molecule has 0 aromatic rings. The van der Waals surface area contributed by atoms with Crippen LogP contribution in [0.2, 0.25) is 0 Å². The minimum atomic E-state index is 0.102. The molecule has 0 aromatic carbocycles. The lowest BCUT2D eigenvalue weighted by atomic mass is 10.0. The van der Waals surface area contributed by atoms with Crippen molar-refractivity contribution < 1.29 is 9.47 Å². The van der Waals surface area contributed by atoms with Crippen molar-refractivity contribution in [3.05, 3.63) is 11.6 Å². The Labute approximate surface area is 130 Å². The summed E-state index contributed by atoms with van der Waals surface area (Å²) in [5.74, 6) is 2.72. The van der Waals surface area contributed by atoms with E-state index in [1.807, 2.05) is 0 Å². The predicted molar refractivity (Wildman–Crippen MR) is 86.1 cm³/mol. The summed E-state index contributed by atoms with van der Waals surface area (Å²) in [6.45, 7) is 5.53. The molecular weight excluding hydrogens is 260 g/mol. The summed E-state index contributed by atoms with van der Waals surface area (Å²) in [6, 6.07) is 0. The van der Waals surface area contributed by atoms with Crippen LogP contribution in [-0.4, -0.2) is 19.0 Å². The monoisotopic (exact) mass is 292 g/mol. The smallest absolute Gasteiger partial charge is 0.157 e. The average molecular weight is 292 g/mol. The van der Waals surface area contributed by atoms with Crippen LogP contribution >= 0.6 is 0 Å². The summed E-state index contributed by atoms with van der Waals surface area (Å²) in [6.07, 6.45) is 14.6. The SMILES string of the molecule is CCCCCC=C(C)C1C2CC(OC3CCCCO3)CC21. The van der Waals surface area contributed by atoms with Crippen LogP contribution < -0.4 is 0 Å². The highest BCUT2D eigenvalue weighted by molar-refractivity contribution is 5.20. The molecule has 1 heterocycles. The van der Waals surface area contributed by atoms with Crippen LogP contribution in [0.1, 0.15) is 71.6 Å². The van der Waals surface area contributed by atoms with E-state index in [1.165, 1.54) is 51.4 Å². The number of hydrogen-bond donors (Lipinski definition) is 0. The number of hydrogen-bond acceptors (Lipinski definition) is 2. The molecular formula is C19H32O2. The van der Waals surface area contributed by atoms with Crippen LogP contribution in [0.3, 0.4) is 0 Å². The molecule has 0 bridgehead atoms. The zero-order chi connectivity index (χ0) is 14.7. The van der Waals surface area contributed by atoms with Crippen molar-refractivity contribution in [2.75, 3.05) is 6.61 Å². The van der Waals surface area contributed by atoms with Crippen molar-refractivity contribution in [2.45, 2.75) is 84.0 Å². The molecule has 3 aliphatic rings. The lowest BCUT2D eigenvalue weighted by Crippen LogP contribution is -2.27. The summed E-state index contributed by atoms with van der Waals surface area (Å²) in [7, 11) is 0. The molecule has 2 saturated carbocycles. The van der Waals surface area contributed by atoms with Gasteiger partial charge in [0.05, 0.1) is 6.10 Å². The van der Waals surface area contributed by atoms with E-state index in [0.717, 1.165) is 30.8 Å². The van der Waals surface area contributed by atoms with Gasteiger partial charge in [0.2, 0.25) is 0 Å². The molecule has 1 aliphatic heterocycles. The third-order valence-electron chi connectivity index (χ3n) is 5.68. The van der Waals surface area contributed by atoms with Gasteiger partial charge >= 0.3 is 0 Å². The maximum Gasteiger partial charge on any atom is 0.157 e. The maximum absolute atomic E-state index is 6.15. The molecule has 3 unspecified atom stereocenters. The molecule has 2 heteroatoms. The Morgan fingerprint density at radius 2 is 2.00 bits per heavy atom. The first kappa shape index (κ1) is 15.6. The average Bonchev–Trinajstić information content (AvgIpc) is 3.01. The second-order valence-electron chi connectivity index (χ2n) is 7.32. The fourth-order valence-electron chi connectivity index (χ4n) is 4.47. The lowest BCUT2D eigenvalue weighted by Gasteiger charge is -2.27. The van der Waals surface area contributed by atoms with E-state index in [0.29, 0.717) is 6.10 Å². The molecule has 3 rings (SSSR count). The second-order valence-corrected chi connectivity index (χ2v) is 7.32. The van der Waals surface area contributed by atoms with Gasteiger partial charge in [0.1, 0.15) is 0 Å². The minimum absolute atomic E-state index is 0.102. The van der Waals surface area contributed by atoms with E-state index >= 15 is 0 Å². The standard InChI is InChI=1S/C19H32O2/c1-3-4-5-6-9-14(2)19-16-12-15(13-17(16)19)21-18-10-7-8-11-20-18/h9,15-19H,3-8,10-13H2,1-2H3. The van der Waals surface area contributed by atoms with E-state index in [-0.39, 0.29) is 6.29 Å². The first-order valence-electron chi connectivity index (χ1n) is 9.23. The Hall–Kier alpha value is -0.340. The van der Waals surface area contributed by atoms with Crippen molar-refractivity contribution in [1.82, 2.24) is 0 Å². The van der Waals surface area contributed by atoms with Gasteiger partial charge in [0.15, 0.2) is 6.29 Å². The van der Waals surface area contributed by atoms with E-state index in [2.05, 4.69) is 19.9 Å². The van der Waals surface area contributed by atoms with Crippen LogP contribution in [0, 0.1) is 17.8 Å². The van der Waals surface area contributed by atoms with Crippen molar-refractivity contribution in [1.29, 1.82) is 0 Å². The normalized spacial score (nSPS) is 39.3. The maximum atomic E-state index is 6.15. The first-order chi connectivity index (χ1) is 10.3.